The van der Waals surface area contributed by atoms with E-state index >= 15 is 0 Å². The van der Waals surface area contributed by atoms with Gasteiger partial charge < -0.3 is 14.4 Å². The number of para-hydroxylation sites is 1. The molecule has 0 radical (unpaired) electrons. The lowest BCUT2D eigenvalue weighted by molar-refractivity contribution is -0.101. The summed E-state index contributed by atoms with van der Waals surface area (Å²) in [6.45, 7) is 1.21. The number of carbonyl (C=O) groups is 1. The maximum absolute atomic E-state index is 13.4. The Labute approximate surface area is 147 Å². The average molecular weight is 341 g/mol. The molecule has 2 heterocycles. The molecule has 4 rings (SSSR count). The van der Waals surface area contributed by atoms with Crippen molar-refractivity contribution >= 4 is 5.91 Å². The molecule has 1 aliphatic heterocycles. The van der Waals surface area contributed by atoms with Crippen LogP contribution in [0.4, 0.5) is 0 Å². The van der Waals surface area contributed by atoms with Gasteiger partial charge >= 0.3 is 0 Å². The Hall–Kier alpha value is -2.18. The average Bonchev–Trinajstić information content (AvgIpc) is 3.21. The number of amides is 1. The lowest BCUT2D eigenvalue weighted by atomic mass is 9.87. The molecule has 132 valence electrons. The zero-order valence-corrected chi connectivity index (χ0v) is 14.4. The molecular weight excluding hydrogens is 318 g/mol. The molecule has 2 aliphatic rings. The van der Waals surface area contributed by atoms with Crippen LogP contribution in [0.25, 0.3) is 5.69 Å². The predicted molar refractivity (Wildman–Crippen MR) is 92.8 cm³/mol. The Morgan fingerprint density at radius 2 is 2.16 bits per heavy atom. The highest BCUT2D eigenvalue weighted by Gasteiger charge is 2.40. The van der Waals surface area contributed by atoms with Crippen molar-refractivity contribution in [3.63, 3.8) is 0 Å². The third kappa shape index (κ3) is 3.07. The minimum atomic E-state index is 0.0427. The van der Waals surface area contributed by atoms with Gasteiger partial charge in [0.2, 0.25) is 0 Å². The normalized spacial score (nSPS) is 26.3. The first kappa shape index (κ1) is 16.3. The quantitative estimate of drug-likeness (QED) is 0.859. The molecule has 1 aromatic heterocycles. The molecule has 3 unspecified atom stereocenters. The van der Waals surface area contributed by atoms with E-state index in [1.807, 2.05) is 41.4 Å². The molecular formula is C19H23N3O3. The first-order chi connectivity index (χ1) is 12.3. The van der Waals surface area contributed by atoms with Gasteiger partial charge in [-0.25, -0.2) is 4.68 Å². The molecule has 1 amide bonds. The van der Waals surface area contributed by atoms with E-state index in [1.54, 1.807) is 18.0 Å². The highest BCUT2D eigenvalue weighted by atomic mass is 16.5. The van der Waals surface area contributed by atoms with E-state index in [0.717, 1.165) is 24.9 Å². The van der Waals surface area contributed by atoms with Crippen molar-refractivity contribution in [3.05, 3.63) is 48.3 Å². The molecule has 2 aromatic rings. The van der Waals surface area contributed by atoms with Gasteiger partial charge in [0.1, 0.15) is 0 Å². The van der Waals surface area contributed by atoms with Crippen molar-refractivity contribution < 1.29 is 14.3 Å². The van der Waals surface area contributed by atoms with Crippen molar-refractivity contribution in [1.82, 2.24) is 14.7 Å². The van der Waals surface area contributed by atoms with Gasteiger partial charge in [0.05, 0.1) is 36.1 Å². The molecule has 6 nitrogen and oxygen atoms in total. The van der Waals surface area contributed by atoms with Crippen LogP contribution in [0.15, 0.2) is 42.7 Å². The summed E-state index contributed by atoms with van der Waals surface area (Å²) in [6.07, 6.45) is 6.64. The van der Waals surface area contributed by atoms with Crippen LogP contribution in [0.5, 0.6) is 0 Å². The van der Waals surface area contributed by atoms with Gasteiger partial charge in [-0.2, -0.15) is 5.10 Å². The number of fused-ring (bicyclic) bond motifs is 1. The fourth-order valence-electron chi connectivity index (χ4n) is 3.96. The van der Waals surface area contributed by atoms with Crippen LogP contribution in [0.1, 0.15) is 29.6 Å². The van der Waals surface area contributed by atoms with Crippen molar-refractivity contribution in [2.45, 2.75) is 37.5 Å². The largest absolute Gasteiger partial charge is 0.381 e. The second-order valence-electron chi connectivity index (χ2n) is 6.61. The Balaban J connectivity index is 1.64. The Morgan fingerprint density at radius 1 is 1.28 bits per heavy atom. The van der Waals surface area contributed by atoms with Crippen LogP contribution >= 0.6 is 0 Å². The number of aromatic nitrogens is 2. The minimum absolute atomic E-state index is 0.0427. The third-order valence-electron chi connectivity index (χ3n) is 5.25. The van der Waals surface area contributed by atoms with Crippen LogP contribution in [0.3, 0.4) is 0 Å². The van der Waals surface area contributed by atoms with Gasteiger partial charge in [-0.1, -0.05) is 12.1 Å². The maximum Gasteiger partial charge on any atom is 0.256 e. The van der Waals surface area contributed by atoms with Gasteiger partial charge in [0.25, 0.3) is 5.91 Å². The van der Waals surface area contributed by atoms with E-state index in [-0.39, 0.29) is 24.2 Å². The molecule has 2 fully saturated rings. The van der Waals surface area contributed by atoms with Gasteiger partial charge in [-0.05, 0) is 37.5 Å². The Kier molecular flexibility index (Phi) is 4.55. The summed E-state index contributed by atoms with van der Waals surface area (Å²) in [5.74, 6) is 0.0427. The second kappa shape index (κ2) is 6.98. The van der Waals surface area contributed by atoms with Crippen LogP contribution in [0, 0.1) is 0 Å². The van der Waals surface area contributed by atoms with Gasteiger partial charge in [-0.3, -0.25) is 4.79 Å². The summed E-state index contributed by atoms with van der Waals surface area (Å²) in [6, 6.07) is 9.56. The molecule has 1 aromatic carbocycles. The first-order valence-electron chi connectivity index (χ1n) is 8.82. The SMILES string of the molecule is COC1CCC2OCCN(C(=O)c3ccccc3-n3cccn3)C2C1. The molecule has 3 atom stereocenters. The summed E-state index contributed by atoms with van der Waals surface area (Å²) < 4.78 is 13.2. The fourth-order valence-corrected chi connectivity index (χ4v) is 3.96. The van der Waals surface area contributed by atoms with Crippen molar-refractivity contribution in [1.29, 1.82) is 0 Å². The van der Waals surface area contributed by atoms with Crippen molar-refractivity contribution in [2.24, 2.45) is 0 Å². The molecule has 1 saturated heterocycles. The van der Waals surface area contributed by atoms with E-state index in [4.69, 9.17) is 9.47 Å². The number of benzene rings is 1. The Bertz CT molecular complexity index is 731. The lowest BCUT2D eigenvalue weighted by Gasteiger charge is -2.45. The highest BCUT2D eigenvalue weighted by molar-refractivity contribution is 5.98. The number of methoxy groups -OCH3 is 1. The number of ether oxygens (including phenoxy) is 2. The van der Waals surface area contributed by atoms with E-state index in [1.165, 1.54) is 0 Å². The zero-order valence-electron chi connectivity index (χ0n) is 14.4. The van der Waals surface area contributed by atoms with Crippen LogP contribution in [-0.2, 0) is 9.47 Å². The van der Waals surface area contributed by atoms with Gasteiger partial charge in [0, 0.05) is 26.0 Å². The summed E-state index contributed by atoms with van der Waals surface area (Å²) in [5, 5.41) is 4.28. The van der Waals surface area contributed by atoms with Crippen LogP contribution in [-0.4, -0.2) is 59.1 Å². The monoisotopic (exact) mass is 341 g/mol. The number of rotatable bonds is 3. The van der Waals surface area contributed by atoms with Gasteiger partial charge in [-0.15, -0.1) is 0 Å². The van der Waals surface area contributed by atoms with E-state index in [9.17, 15) is 4.79 Å². The highest BCUT2D eigenvalue weighted by Crippen LogP contribution is 2.31. The predicted octanol–water partition coefficient (Wildman–Crippen LogP) is 2.28. The number of hydrogen-bond acceptors (Lipinski definition) is 4. The van der Waals surface area contributed by atoms with E-state index < -0.39 is 0 Å². The first-order valence-corrected chi connectivity index (χ1v) is 8.82. The molecule has 1 saturated carbocycles. The van der Waals surface area contributed by atoms with Crippen molar-refractivity contribution in [3.8, 4) is 5.69 Å². The van der Waals surface area contributed by atoms with Crippen molar-refractivity contribution in [2.75, 3.05) is 20.3 Å². The molecule has 6 heteroatoms. The number of hydrogen-bond donors (Lipinski definition) is 0. The molecule has 25 heavy (non-hydrogen) atoms. The molecule has 0 spiro atoms. The Morgan fingerprint density at radius 3 is 2.96 bits per heavy atom. The zero-order chi connectivity index (χ0) is 17.2. The summed E-state index contributed by atoms with van der Waals surface area (Å²) >= 11 is 0. The minimum Gasteiger partial charge on any atom is -0.381 e. The van der Waals surface area contributed by atoms with Crippen LogP contribution < -0.4 is 0 Å². The topological polar surface area (TPSA) is 56.6 Å². The molecule has 0 bridgehead atoms. The summed E-state index contributed by atoms with van der Waals surface area (Å²) in [7, 11) is 1.74. The number of carbonyl (C=O) groups excluding carboxylic acids is 1. The second-order valence-corrected chi connectivity index (χ2v) is 6.61. The summed E-state index contributed by atoms with van der Waals surface area (Å²) in [4.78, 5) is 15.3. The number of morpholine rings is 1. The maximum atomic E-state index is 13.4. The smallest absolute Gasteiger partial charge is 0.256 e. The van der Waals surface area contributed by atoms with Crippen LogP contribution in [0.2, 0.25) is 0 Å². The molecule has 1 aliphatic carbocycles. The fraction of sp³-hybridized carbons (Fsp3) is 0.474. The standard InChI is InChI=1S/C19H23N3O3/c1-24-14-7-8-18-17(13-14)21(11-12-25-18)19(23)15-5-2-3-6-16(15)22-10-4-9-20-22/h2-6,9-10,14,17-18H,7-8,11-13H2,1H3. The van der Waals surface area contributed by atoms with Gasteiger partial charge in [0.15, 0.2) is 0 Å². The summed E-state index contributed by atoms with van der Waals surface area (Å²) in [5.41, 5.74) is 1.48. The number of nitrogens with zero attached hydrogens (tertiary/aromatic N) is 3. The lowest BCUT2D eigenvalue weighted by Crippen LogP contribution is -2.57. The molecule has 0 N–H and O–H groups in total. The van der Waals surface area contributed by atoms with E-state index in [2.05, 4.69) is 5.10 Å². The third-order valence-corrected chi connectivity index (χ3v) is 5.25. The van der Waals surface area contributed by atoms with E-state index in [0.29, 0.717) is 18.7 Å².